The number of nitrogen functional groups attached to an aromatic ring is 1. The van der Waals surface area contributed by atoms with Crippen molar-refractivity contribution in [3.8, 4) is 0 Å². The summed E-state index contributed by atoms with van der Waals surface area (Å²) in [5.74, 6) is 0.0323. The molecule has 0 bridgehead atoms. The summed E-state index contributed by atoms with van der Waals surface area (Å²) in [4.78, 5) is 27.7. The summed E-state index contributed by atoms with van der Waals surface area (Å²) < 4.78 is 27.9. The van der Waals surface area contributed by atoms with Gasteiger partial charge in [-0.25, -0.2) is 23.2 Å². The Balaban J connectivity index is 1.35. The summed E-state index contributed by atoms with van der Waals surface area (Å²) in [6, 6.07) is 6.80. The van der Waals surface area contributed by atoms with Crippen LogP contribution in [0.1, 0.15) is 54.2 Å². The lowest BCUT2D eigenvalue weighted by molar-refractivity contribution is 0.0593. The van der Waals surface area contributed by atoms with E-state index in [4.69, 9.17) is 33.7 Å². The second kappa shape index (κ2) is 13.9. The van der Waals surface area contributed by atoms with E-state index in [9.17, 15) is 13.2 Å². The van der Waals surface area contributed by atoms with Crippen LogP contribution in [-0.2, 0) is 27.5 Å². The van der Waals surface area contributed by atoms with Gasteiger partial charge in [0.05, 0.1) is 12.9 Å². The van der Waals surface area contributed by atoms with Crippen LogP contribution in [0.3, 0.4) is 0 Å². The first-order valence-corrected chi connectivity index (χ1v) is 16.9. The lowest BCUT2D eigenvalue weighted by Gasteiger charge is -2.47. The quantitative estimate of drug-likeness (QED) is 0.391. The van der Waals surface area contributed by atoms with E-state index < -0.39 is 15.8 Å². The second-order valence-electron chi connectivity index (χ2n) is 11.0. The number of nitrogens with zero attached hydrogens (tertiary/aromatic N) is 5. The Hall–Kier alpha value is -2.18. The first-order chi connectivity index (χ1) is 19.5. The van der Waals surface area contributed by atoms with Gasteiger partial charge in [-0.2, -0.15) is 0 Å². The third-order valence-electron chi connectivity index (χ3n) is 8.09. The van der Waals surface area contributed by atoms with Gasteiger partial charge in [0.2, 0.25) is 0 Å². The van der Waals surface area contributed by atoms with Crippen molar-refractivity contribution in [2.45, 2.75) is 57.7 Å². The summed E-state index contributed by atoms with van der Waals surface area (Å²) in [7, 11) is -1.72. The number of hydrogen-bond donors (Lipinski definition) is 1. The van der Waals surface area contributed by atoms with E-state index in [1.54, 1.807) is 0 Å². The van der Waals surface area contributed by atoms with Gasteiger partial charge < -0.3 is 15.4 Å². The Labute approximate surface area is 253 Å². The van der Waals surface area contributed by atoms with Crippen molar-refractivity contribution in [1.82, 2.24) is 19.8 Å². The fourth-order valence-electron chi connectivity index (χ4n) is 5.93. The number of anilines is 2. The topological polar surface area (TPSA) is 122 Å². The number of methoxy groups -OCH3 is 1. The van der Waals surface area contributed by atoms with E-state index in [1.165, 1.54) is 18.9 Å². The molecule has 1 aromatic carbocycles. The van der Waals surface area contributed by atoms with Crippen molar-refractivity contribution < 1.29 is 17.9 Å². The molecule has 41 heavy (non-hydrogen) atoms. The van der Waals surface area contributed by atoms with Gasteiger partial charge in [0, 0.05) is 49.5 Å². The zero-order chi connectivity index (χ0) is 29.7. The number of sulfone groups is 1. The number of likely N-dealkylation sites (tertiary alicyclic amines) is 1. The Morgan fingerprint density at radius 2 is 1.85 bits per heavy atom. The Kier molecular flexibility index (Phi) is 10.7. The maximum atomic E-state index is 11.9. The average Bonchev–Trinajstić information content (AvgIpc) is 2.94. The number of aryl methyl sites for hydroxylation is 1. The van der Waals surface area contributed by atoms with E-state index in [-0.39, 0.29) is 22.4 Å². The van der Waals surface area contributed by atoms with Crippen molar-refractivity contribution in [2.75, 3.05) is 62.5 Å². The number of nitrogens with two attached hydrogens (primary N) is 1. The smallest absolute Gasteiger partial charge is 0.360 e. The summed E-state index contributed by atoms with van der Waals surface area (Å²) in [6.07, 6.45) is 5.72. The van der Waals surface area contributed by atoms with Crippen LogP contribution >= 0.6 is 23.2 Å². The summed E-state index contributed by atoms with van der Waals surface area (Å²) in [5, 5.41) is 0.829. The maximum absolute atomic E-state index is 11.9. The SMILES string of the molecule is CC[C@H]1CN(c2nc(N)c(C(=O)OC)nc2Cl)CCN1C1CCN(Cc2ccc(Cl)cc2CCCS(C)(=O)=O)CC1. The van der Waals surface area contributed by atoms with Crippen molar-refractivity contribution in [3.05, 3.63) is 45.2 Å². The molecule has 2 N–H and O–H groups in total. The predicted octanol–water partition coefficient (Wildman–Crippen LogP) is 3.69. The molecule has 2 saturated heterocycles. The van der Waals surface area contributed by atoms with E-state index in [1.807, 2.05) is 12.1 Å². The minimum atomic E-state index is -2.98. The number of halogens is 2. The zero-order valence-electron chi connectivity index (χ0n) is 24.0. The van der Waals surface area contributed by atoms with Crippen molar-refractivity contribution in [1.29, 1.82) is 0 Å². The Morgan fingerprint density at radius 1 is 1.12 bits per heavy atom. The van der Waals surface area contributed by atoms with Gasteiger partial charge in [-0.15, -0.1) is 0 Å². The summed E-state index contributed by atoms with van der Waals surface area (Å²) in [5.41, 5.74) is 8.29. The number of carbonyl (C=O) groups excluding carboxylic acids is 1. The number of aromatic nitrogens is 2. The maximum Gasteiger partial charge on any atom is 0.360 e. The predicted molar refractivity (Wildman–Crippen MR) is 164 cm³/mol. The molecule has 2 aliphatic heterocycles. The largest absolute Gasteiger partial charge is 0.464 e. The van der Waals surface area contributed by atoms with Crippen LogP contribution in [0, 0.1) is 0 Å². The molecule has 226 valence electrons. The van der Waals surface area contributed by atoms with Crippen LogP contribution in [0.4, 0.5) is 11.6 Å². The van der Waals surface area contributed by atoms with Crippen molar-refractivity contribution >= 4 is 50.6 Å². The van der Waals surface area contributed by atoms with Gasteiger partial charge in [0.25, 0.3) is 0 Å². The molecule has 3 heterocycles. The van der Waals surface area contributed by atoms with Crippen molar-refractivity contribution in [2.24, 2.45) is 0 Å². The number of esters is 1. The highest BCUT2D eigenvalue weighted by molar-refractivity contribution is 7.90. The number of hydrogen-bond acceptors (Lipinski definition) is 10. The monoisotopic (exact) mass is 626 g/mol. The molecule has 0 unspecified atom stereocenters. The molecule has 2 aromatic rings. The first-order valence-electron chi connectivity index (χ1n) is 14.1. The molecule has 13 heteroatoms. The summed E-state index contributed by atoms with van der Waals surface area (Å²) >= 11 is 12.7. The highest BCUT2D eigenvalue weighted by atomic mass is 35.5. The molecule has 0 aliphatic carbocycles. The molecule has 1 atom stereocenters. The van der Waals surface area contributed by atoms with Crippen molar-refractivity contribution in [3.63, 3.8) is 0 Å². The van der Waals surface area contributed by atoms with Crippen LogP contribution in [-0.4, -0.2) is 98.1 Å². The standard InChI is InChI=1S/C28H40Cl2N6O4S/c1-4-22-18-35(27-25(30)32-24(26(31)33-27)28(37)40-2)13-14-36(22)23-9-11-34(12-10-23)17-20-7-8-21(29)16-19(20)6-5-15-41(3,38)39/h7-8,16,22-23H,4-6,9-15,17-18H2,1-3H3,(H2,31,33)/t22-/m0/s1. The van der Waals surface area contributed by atoms with E-state index in [0.717, 1.165) is 64.1 Å². The second-order valence-corrected chi connectivity index (χ2v) is 14.0. The fourth-order valence-corrected chi connectivity index (χ4v) is 7.04. The Bertz CT molecular complexity index is 1340. The Morgan fingerprint density at radius 3 is 2.51 bits per heavy atom. The lowest BCUT2D eigenvalue weighted by atomic mass is 9.97. The summed E-state index contributed by atoms with van der Waals surface area (Å²) in [6.45, 7) is 7.40. The zero-order valence-corrected chi connectivity index (χ0v) is 26.3. The minimum Gasteiger partial charge on any atom is -0.464 e. The fraction of sp³-hybridized carbons (Fsp3) is 0.607. The normalized spacial score (nSPS) is 19.4. The minimum absolute atomic E-state index is 0.0124. The van der Waals surface area contributed by atoms with E-state index in [2.05, 4.69) is 37.7 Å². The van der Waals surface area contributed by atoms with Gasteiger partial charge in [-0.3, -0.25) is 9.80 Å². The number of rotatable bonds is 10. The molecule has 0 radical (unpaired) electrons. The van der Waals surface area contributed by atoms with Gasteiger partial charge in [0.15, 0.2) is 22.5 Å². The molecule has 4 rings (SSSR count). The number of piperidine rings is 1. The number of benzene rings is 1. The molecule has 0 saturated carbocycles. The third-order valence-corrected chi connectivity index (χ3v) is 9.61. The third kappa shape index (κ3) is 8.22. The first kappa shape index (κ1) is 31.7. The van der Waals surface area contributed by atoms with Gasteiger partial charge in [-0.05, 0) is 68.5 Å². The van der Waals surface area contributed by atoms with Gasteiger partial charge >= 0.3 is 5.97 Å². The number of piperazine rings is 1. The van der Waals surface area contributed by atoms with Gasteiger partial charge in [-0.1, -0.05) is 36.2 Å². The van der Waals surface area contributed by atoms with Crippen LogP contribution in [0.25, 0.3) is 0 Å². The van der Waals surface area contributed by atoms with Crippen LogP contribution in [0.2, 0.25) is 10.2 Å². The molecule has 1 aromatic heterocycles. The van der Waals surface area contributed by atoms with Crippen LogP contribution < -0.4 is 10.6 Å². The molecule has 2 fully saturated rings. The molecule has 0 amide bonds. The number of ether oxygens (including phenoxy) is 1. The van der Waals surface area contributed by atoms with E-state index >= 15 is 0 Å². The molecular weight excluding hydrogens is 587 g/mol. The lowest BCUT2D eigenvalue weighted by Crippen LogP contribution is -2.58. The molecule has 10 nitrogen and oxygen atoms in total. The number of carbonyl (C=O) groups is 1. The van der Waals surface area contributed by atoms with Crippen LogP contribution in [0.15, 0.2) is 18.2 Å². The van der Waals surface area contributed by atoms with E-state index in [0.29, 0.717) is 35.8 Å². The highest BCUT2D eigenvalue weighted by Crippen LogP contribution is 2.30. The molecule has 2 aliphatic rings. The average molecular weight is 628 g/mol. The van der Waals surface area contributed by atoms with Crippen LogP contribution in [0.5, 0.6) is 0 Å². The molecular formula is C28H40Cl2N6O4S. The highest BCUT2D eigenvalue weighted by Gasteiger charge is 2.34. The van der Waals surface area contributed by atoms with Gasteiger partial charge in [0.1, 0.15) is 9.84 Å². The molecule has 0 spiro atoms.